The van der Waals surface area contributed by atoms with Crippen LogP contribution in [0.1, 0.15) is 62.3 Å². The Morgan fingerprint density at radius 1 is 0.538 bits per heavy atom. The van der Waals surface area contributed by atoms with Crippen LogP contribution in [0, 0.1) is 0 Å². The third kappa shape index (κ3) is 12.9. The maximum Gasteiger partial charge on any atom is 0.308 e. The van der Waals surface area contributed by atoms with E-state index in [2.05, 4.69) is 0 Å². The molecule has 3 heterocycles. The fraction of sp³-hybridized carbons (Fsp3) is 0.465. The largest absolute Gasteiger partial charge is 0.463 e. The molecule has 5 rings (SSSR count). The standard InChI is InChI=1S/C43H46O22/c1-18-36(57-22(5)47)38(59-24(7)49)40(61-26(9)51)42(54-18)65-41-39(60-25(8)50)37(58-23(6)48)34(17-53-19(2)44)64-43(41)62-29-14-32(56-21(4)46)35-30(52)16-31(63-33(35)15-29)27-10-12-28(13-11-27)55-20(3)45/h10-16,18,34,36-43H,17H2,1-9H3/t18-,34+,36-,37+,38+,39-,40+,41+,42-,43+/m0/s1. The lowest BCUT2D eigenvalue weighted by Crippen LogP contribution is -2.67. The summed E-state index contributed by atoms with van der Waals surface area (Å²) in [6, 6.07) is 9.47. The summed E-state index contributed by atoms with van der Waals surface area (Å²) in [5.41, 5.74) is -0.479. The van der Waals surface area contributed by atoms with E-state index in [1.807, 2.05) is 0 Å². The van der Waals surface area contributed by atoms with Gasteiger partial charge in [0.15, 0.2) is 48.3 Å². The van der Waals surface area contributed by atoms with Crippen LogP contribution in [-0.4, -0.2) is 116 Å². The summed E-state index contributed by atoms with van der Waals surface area (Å²) < 4.78 is 74.8. The molecule has 0 radical (unpaired) electrons. The molecule has 0 saturated carbocycles. The molecule has 0 amide bonds. The number of rotatable bonds is 14. The Morgan fingerprint density at radius 3 is 1.63 bits per heavy atom. The molecule has 0 unspecified atom stereocenters. The molecule has 0 N–H and O–H groups in total. The molecule has 22 nitrogen and oxygen atoms in total. The first kappa shape index (κ1) is 49.1. The maximum absolute atomic E-state index is 13.7. The number of carbonyl (C=O) groups excluding carboxylic acids is 8. The van der Waals surface area contributed by atoms with E-state index in [0.717, 1.165) is 60.6 Å². The number of benzene rings is 2. The van der Waals surface area contributed by atoms with E-state index >= 15 is 0 Å². The number of esters is 8. The van der Waals surface area contributed by atoms with E-state index in [9.17, 15) is 43.2 Å². The highest BCUT2D eigenvalue weighted by Crippen LogP contribution is 2.38. The Labute approximate surface area is 369 Å². The fourth-order valence-electron chi connectivity index (χ4n) is 7.01. The molecule has 2 aromatic carbocycles. The van der Waals surface area contributed by atoms with Crippen molar-refractivity contribution >= 4 is 58.7 Å². The molecule has 350 valence electrons. The zero-order valence-electron chi connectivity index (χ0n) is 36.5. The minimum absolute atomic E-state index is 0.0213. The second kappa shape index (κ2) is 21.2. The highest BCUT2D eigenvalue weighted by molar-refractivity contribution is 5.88. The van der Waals surface area contributed by atoms with Gasteiger partial charge in [-0.3, -0.25) is 43.2 Å². The molecule has 0 spiro atoms. The van der Waals surface area contributed by atoms with Crippen LogP contribution < -0.4 is 19.6 Å². The van der Waals surface area contributed by atoms with Gasteiger partial charge in [0.2, 0.25) is 6.29 Å². The van der Waals surface area contributed by atoms with Gasteiger partial charge in [0.05, 0.1) is 6.10 Å². The predicted molar refractivity (Wildman–Crippen MR) is 213 cm³/mol. The van der Waals surface area contributed by atoms with E-state index in [-0.39, 0.29) is 34.0 Å². The summed E-state index contributed by atoms with van der Waals surface area (Å²) in [4.78, 5) is 112. The average molecular weight is 915 g/mol. The van der Waals surface area contributed by atoms with Crippen molar-refractivity contribution in [3.63, 3.8) is 0 Å². The first-order chi connectivity index (χ1) is 30.6. The molecule has 22 heteroatoms. The molecule has 10 atom stereocenters. The summed E-state index contributed by atoms with van der Waals surface area (Å²) in [6.07, 6.45) is -16.1. The summed E-state index contributed by atoms with van der Waals surface area (Å²) in [7, 11) is 0. The Hall–Kier alpha value is -6.91. The van der Waals surface area contributed by atoms with Gasteiger partial charge in [-0.1, -0.05) is 0 Å². The van der Waals surface area contributed by atoms with Crippen LogP contribution in [0.25, 0.3) is 22.3 Å². The Balaban J connectivity index is 1.68. The van der Waals surface area contributed by atoms with Crippen LogP contribution in [-0.2, 0) is 81.0 Å². The van der Waals surface area contributed by atoms with Crippen molar-refractivity contribution in [3.05, 3.63) is 52.7 Å². The Morgan fingerprint density at radius 2 is 1.08 bits per heavy atom. The number of hydrogen-bond donors (Lipinski definition) is 0. The van der Waals surface area contributed by atoms with E-state index in [0.29, 0.717) is 5.56 Å². The minimum atomic E-state index is -1.85. The number of hydrogen-bond acceptors (Lipinski definition) is 22. The first-order valence-corrected chi connectivity index (χ1v) is 19.8. The number of carbonyl (C=O) groups is 8. The highest BCUT2D eigenvalue weighted by Gasteiger charge is 2.57. The molecule has 1 aromatic heterocycles. The normalized spacial score (nSPS) is 24.9. The van der Waals surface area contributed by atoms with E-state index in [1.165, 1.54) is 44.2 Å². The predicted octanol–water partition coefficient (Wildman–Crippen LogP) is 2.77. The quantitative estimate of drug-likeness (QED) is 0.128. The molecular weight excluding hydrogens is 868 g/mol. The molecular formula is C43H46O22. The van der Waals surface area contributed by atoms with Gasteiger partial charge in [0, 0.05) is 79.2 Å². The average Bonchev–Trinajstić information content (AvgIpc) is 3.17. The van der Waals surface area contributed by atoms with E-state index in [1.54, 1.807) is 0 Å². The zero-order valence-corrected chi connectivity index (χ0v) is 36.5. The van der Waals surface area contributed by atoms with Crippen molar-refractivity contribution < 1.29 is 99.6 Å². The lowest BCUT2D eigenvalue weighted by atomic mass is 9.96. The first-order valence-electron chi connectivity index (χ1n) is 19.8. The maximum atomic E-state index is 13.7. The van der Waals surface area contributed by atoms with Crippen molar-refractivity contribution in [1.82, 2.24) is 0 Å². The van der Waals surface area contributed by atoms with Crippen molar-refractivity contribution in [2.75, 3.05) is 6.61 Å². The topological polar surface area (TPSA) is 278 Å². The third-order valence-electron chi connectivity index (χ3n) is 9.25. The Kier molecular flexibility index (Phi) is 16.0. The van der Waals surface area contributed by atoms with Crippen molar-refractivity contribution in [3.8, 4) is 28.6 Å². The van der Waals surface area contributed by atoms with Gasteiger partial charge < -0.3 is 61.3 Å². The van der Waals surface area contributed by atoms with Crippen LogP contribution in [0.15, 0.2) is 51.7 Å². The van der Waals surface area contributed by atoms with E-state index in [4.69, 9.17) is 61.3 Å². The molecule has 2 aliphatic heterocycles. The molecule has 3 aromatic rings. The molecule has 0 bridgehead atoms. The van der Waals surface area contributed by atoms with Crippen molar-refractivity contribution in [2.24, 2.45) is 0 Å². The van der Waals surface area contributed by atoms with Crippen LogP contribution in [0.4, 0.5) is 0 Å². The lowest BCUT2D eigenvalue weighted by Gasteiger charge is -2.48. The second-order valence-corrected chi connectivity index (χ2v) is 14.6. The second-order valence-electron chi connectivity index (χ2n) is 14.6. The molecule has 2 fully saturated rings. The summed E-state index contributed by atoms with van der Waals surface area (Å²) in [5, 5.41) is -0.196. The van der Waals surface area contributed by atoms with Crippen LogP contribution in [0.2, 0.25) is 0 Å². The van der Waals surface area contributed by atoms with Crippen LogP contribution in [0.5, 0.6) is 17.2 Å². The Bertz CT molecular complexity index is 2370. The van der Waals surface area contributed by atoms with Crippen LogP contribution in [0.3, 0.4) is 0 Å². The fourth-order valence-corrected chi connectivity index (χ4v) is 7.01. The third-order valence-corrected chi connectivity index (χ3v) is 9.25. The molecule has 2 aliphatic rings. The van der Waals surface area contributed by atoms with Gasteiger partial charge in [-0.05, 0) is 31.2 Å². The SMILES string of the molecule is CC(=O)OC[C@H]1O[C@@H](Oc2cc(OC(C)=O)c3c(=O)cc(-c4ccc(OC(C)=O)cc4)oc3c2)[C@H](O[C@@H]2O[C@@H](C)[C@H](OC(C)=O)[C@@H](OC(C)=O)[C@H]2OC(C)=O)[C@@H](OC(C)=O)[C@@H]1OC(C)=O. The molecule has 0 aliphatic carbocycles. The highest BCUT2D eigenvalue weighted by atomic mass is 16.8. The van der Waals surface area contributed by atoms with E-state index < -0.39 is 121 Å². The molecule has 2 saturated heterocycles. The van der Waals surface area contributed by atoms with Gasteiger partial charge in [0.1, 0.15) is 46.7 Å². The lowest BCUT2D eigenvalue weighted by molar-refractivity contribution is -0.356. The minimum Gasteiger partial charge on any atom is -0.463 e. The van der Waals surface area contributed by atoms with Crippen molar-refractivity contribution in [2.45, 2.75) is 124 Å². The number of fused-ring (bicyclic) bond motifs is 1. The zero-order chi connectivity index (χ0) is 47.9. The summed E-state index contributed by atoms with van der Waals surface area (Å²) in [5.74, 6) is -7.02. The smallest absolute Gasteiger partial charge is 0.308 e. The van der Waals surface area contributed by atoms with Gasteiger partial charge in [-0.25, -0.2) is 0 Å². The molecule has 65 heavy (non-hydrogen) atoms. The van der Waals surface area contributed by atoms with Gasteiger partial charge in [-0.15, -0.1) is 0 Å². The monoisotopic (exact) mass is 914 g/mol. The van der Waals surface area contributed by atoms with Gasteiger partial charge in [-0.2, -0.15) is 0 Å². The van der Waals surface area contributed by atoms with Crippen molar-refractivity contribution in [1.29, 1.82) is 0 Å². The summed E-state index contributed by atoms with van der Waals surface area (Å²) >= 11 is 0. The summed E-state index contributed by atoms with van der Waals surface area (Å²) in [6.45, 7) is 9.43. The van der Waals surface area contributed by atoms with Gasteiger partial charge in [0.25, 0.3) is 0 Å². The van der Waals surface area contributed by atoms with Crippen LogP contribution >= 0.6 is 0 Å². The number of ether oxygens (including phenoxy) is 12. The van der Waals surface area contributed by atoms with Gasteiger partial charge >= 0.3 is 47.8 Å².